The molecule has 0 N–H and O–H groups in total. The molecular formula is C16H15NO5. The van der Waals surface area contributed by atoms with Crippen molar-refractivity contribution in [3.8, 4) is 17.2 Å². The minimum Gasteiger partial charge on any atom is -0.493 e. The highest BCUT2D eigenvalue weighted by molar-refractivity contribution is 6.06. The van der Waals surface area contributed by atoms with Gasteiger partial charge in [-0.3, -0.25) is 14.5 Å². The number of nitrogens with zero attached hydrogens (tertiary/aromatic N) is 1. The van der Waals surface area contributed by atoms with Crippen LogP contribution in [0.1, 0.15) is 12.0 Å². The number of ether oxygens (including phenoxy) is 3. The number of hydrogen-bond donors (Lipinski definition) is 0. The zero-order valence-electron chi connectivity index (χ0n) is 12.1. The summed E-state index contributed by atoms with van der Waals surface area (Å²) in [5, 5.41) is 0. The van der Waals surface area contributed by atoms with Crippen LogP contribution in [0.3, 0.4) is 0 Å². The van der Waals surface area contributed by atoms with E-state index in [9.17, 15) is 9.59 Å². The second kappa shape index (κ2) is 5.93. The van der Waals surface area contributed by atoms with E-state index in [-0.39, 0.29) is 18.6 Å². The summed E-state index contributed by atoms with van der Waals surface area (Å²) in [5.74, 6) is 1.04. The third kappa shape index (κ3) is 2.67. The average Bonchev–Trinajstić information content (AvgIpc) is 3.00. The van der Waals surface area contributed by atoms with Crippen LogP contribution in [0.5, 0.6) is 17.2 Å². The largest absolute Gasteiger partial charge is 0.493 e. The highest BCUT2D eigenvalue weighted by Gasteiger charge is 2.21. The van der Waals surface area contributed by atoms with Crippen molar-refractivity contribution in [2.75, 3.05) is 20.4 Å². The predicted molar refractivity (Wildman–Crippen MR) is 78.6 cm³/mol. The van der Waals surface area contributed by atoms with Gasteiger partial charge >= 0.3 is 0 Å². The van der Waals surface area contributed by atoms with Gasteiger partial charge in [0.05, 0.1) is 7.11 Å². The number of fused-ring (bicyclic) bond motifs is 1. The lowest BCUT2D eigenvalue weighted by Crippen LogP contribution is -2.37. The molecule has 3 rings (SSSR count). The Kier molecular flexibility index (Phi) is 3.82. The number of imide groups is 1. The maximum atomic E-state index is 12.1. The molecule has 0 radical (unpaired) electrons. The summed E-state index contributed by atoms with van der Waals surface area (Å²) in [5.41, 5.74) is 0.731. The van der Waals surface area contributed by atoms with E-state index in [4.69, 9.17) is 14.2 Å². The summed E-state index contributed by atoms with van der Waals surface area (Å²) < 4.78 is 15.9. The van der Waals surface area contributed by atoms with E-state index in [1.165, 1.54) is 24.2 Å². The molecule has 0 saturated carbocycles. The maximum absolute atomic E-state index is 12.1. The Balaban J connectivity index is 1.79. The zero-order valence-corrected chi connectivity index (χ0v) is 12.1. The highest BCUT2D eigenvalue weighted by atomic mass is 16.7. The van der Waals surface area contributed by atoms with Gasteiger partial charge in [-0.1, -0.05) is 6.08 Å². The lowest BCUT2D eigenvalue weighted by Gasteiger charge is -2.19. The molecule has 1 aromatic rings. The number of hydrogen-bond acceptors (Lipinski definition) is 5. The fourth-order valence-corrected chi connectivity index (χ4v) is 2.31. The normalized spacial score (nSPS) is 16.4. The van der Waals surface area contributed by atoms with Gasteiger partial charge in [0.2, 0.25) is 12.5 Å². The Hall–Kier alpha value is -2.76. The molecule has 2 amide bonds. The van der Waals surface area contributed by atoms with Crippen LogP contribution in [0, 0.1) is 0 Å². The second-order valence-electron chi connectivity index (χ2n) is 4.81. The molecular weight excluding hydrogens is 286 g/mol. The number of carbonyl (C=O) groups is 2. The summed E-state index contributed by atoms with van der Waals surface area (Å²) in [6.07, 6.45) is 6.85. The molecule has 0 aromatic heterocycles. The van der Waals surface area contributed by atoms with Gasteiger partial charge in [0.15, 0.2) is 11.5 Å². The highest BCUT2D eigenvalue weighted by Crippen LogP contribution is 2.42. The first-order valence-corrected chi connectivity index (χ1v) is 6.87. The molecule has 2 aliphatic rings. The fraction of sp³-hybridized carbons (Fsp3) is 0.250. The van der Waals surface area contributed by atoms with Crippen molar-refractivity contribution < 1.29 is 23.8 Å². The van der Waals surface area contributed by atoms with Gasteiger partial charge in [-0.05, 0) is 36.3 Å². The quantitative estimate of drug-likeness (QED) is 0.796. The summed E-state index contributed by atoms with van der Waals surface area (Å²) in [4.78, 5) is 24.9. The lowest BCUT2D eigenvalue weighted by molar-refractivity contribution is -0.139. The standard InChI is InChI=1S/C16H15NO5/c1-20-12-8-11(9-13-16(12)22-10-21-13)5-6-15(19)17-7-3-2-4-14(17)18/h2,4-6,8-9H,3,7,10H2,1H3/b6-5+. The van der Waals surface area contributed by atoms with E-state index in [0.717, 1.165) is 5.56 Å². The molecule has 0 aliphatic carbocycles. The molecule has 0 fully saturated rings. The molecule has 0 unspecified atom stereocenters. The van der Waals surface area contributed by atoms with Crippen LogP contribution in [0.15, 0.2) is 30.4 Å². The number of amides is 2. The summed E-state index contributed by atoms with van der Waals surface area (Å²) in [6, 6.07) is 3.50. The Morgan fingerprint density at radius 2 is 2.23 bits per heavy atom. The minimum atomic E-state index is -0.342. The molecule has 0 saturated heterocycles. The average molecular weight is 301 g/mol. The second-order valence-corrected chi connectivity index (χ2v) is 4.81. The number of carbonyl (C=O) groups excluding carboxylic acids is 2. The molecule has 6 heteroatoms. The van der Waals surface area contributed by atoms with E-state index in [1.807, 2.05) is 0 Å². The first-order valence-electron chi connectivity index (χ1n) is 6.87. The SMILES string of the molecule is COc1cc(/C=C/C(=O)N2CCC=CC2=O)cc2c1OCO2. The molecule has 114 valence electrons. The van der Waals surface area contributed by atoms with E-state index < -0.39 is 0 Å². The smallest absolute Gasteiger partial charge is 0.253 e. The molecule has 22 heavy (non-hydrogen) atoms. The van der Waals surface area contributed by atoms with Crippen LogP contribution in [-0.2, 0) is 9.59 Å². The van der Waals surface area contributed by atoms with Gasteiger partial charge in [-0.2, -0.15) is 0 Å². The van der Waals surface area contributed by atoms with E-state index >= 15 is 0 Å². The van der Waals surface area contributed by atoms with Crippen LogP contribution < -0.4 is 14.2 Å². The third-order valence-electron chi connectivity index (χ3n) is 3.41. The van der Waals surface area contributed by atoms with Gasteiger partial charge in [-0.25, -0.2) is 0 Å². The van der Waals surface area contributed by atoms with Crippen molar-refractivity contribution in [3.63, 3.8) is 0 Å². The number of rotatable bonds is 3. The molecule has 0 spiro atoms. The maximum Gasteiger partial charge on any atom is 0.253 e. The van der Waals surface area contributed by atoms with Crippen molar-refractivity contribution in [3.05, 3.63) is 35.9 Å². The Morgan fingerprint density at radius 3 is 3.00 bits per heavy atom. The molecule has 2 aliphatic heterocycles. The lowest BCUT2D eigenvalue weighted by atomic mass is 10.1. The fourth-order valence-electron chi connectivity index (χ4n) is 2.31. The Labute approximate surface area is 127 Å². The van der Waals surface area contributed by atoms with Crippen LogP contribution in [0.2, 0.25) is 0 Å². The molecule has 0 bridgehead atoms. The minimum absolute atomic E-state index is 0.145. The van der Waals surface area contributed by atoms with Crippen molar-refractivity contribution in [1.82, 2.24) is 4.90 Å². The van der Waals surface area contributed by atoms with Crippen LogP contribution in [0.25, 0.3) is 6.08 Å². The van der Waals surface area contributed by atoms with Gasteiger partial charge in [0.1, 0.15) is 0 Å². The first kappa shape index (κ1) is 14.2. The number of benzene rings is 1. The van der Waals surface area contributed by atoms with Gasteiger partial charge in [-0.15, -0.1) is 0 Å². The van der Waals surface area contributed by atoms with Crippen LogP contribution >= 0.6 is 0 Å². The van der Waals surface area contributed by atoms with Gasteiger partial charge in [0.25, 0.3) is 11.8 Å². The van der Waals surface area contributed by atoms with E-state index in [1.54, 1.807) is 24.3 Å². The Bertz CT molecular complexity index is 677. The number of methoxy groups -OCH3 is 1. The van der Waals surface area contributed by atoms with Crippen LogP contribution in [-0.4, -0.2) is 37.2 Å². The summed E-state index contributed by atoms with van der Waals surface area (Å²) in [7, 11) is 1.54. The van der Waals surface area contributed by atoms with E-state index in [0.29, 0.717) is 30.2 Å². The molecule has 6 nitrogen and oxygen atoms in total. The molecule has 1 aromatic carbocycles. The predicted octanol–water partition coefficient (Wildman–Crippen LogP) is 1.75. The zero-order chi connectivity index (χ0) is 15.5. The topological polar surface area (TPSA) is 65.1 Å². The van der Waals surface area contributed by atoms with Crippen molar-refractivity contribution in [2.24, 2.45) is 0 Å². The van der Waals surface area contributed by atoms with Crippen LogP contribution in [0.4, 0.5) is 0 Å². The first-order chi connectivity index (χ1) is 10.7. The van der Waals surface area contributed by atoms with Crippen molar-refractivity contribution in [1.29, 1.82) is 0 Å². The van der Waals surface area contributed by atoms with Crippen molar-refractivity contribution in [2.45, 2.75) is 6.42 Å². The monoisotopic (exact) mass is 301 g/mol. The summed E-state index contributed by atoms with van der Waals surface area (Å²) in [6.45, 7) is 0.551. The summed E-state index contributed by atoms with van der Waals surface area (Å²) >= 11 is 0. The van der Waals surface area contributed by atoms with Gasteiger partial charge < -0.3 is 14.2 Å². The van der Waals surface area contributed by atoms with E-state index in [2.05, 4.69) is 0 Å². The Morgan fingerprint density at radius 1 is 1.36 bits per heavy atom. The molecule has 0 atom stereocenters. The van der Waals surface area contributed by atoms with Gasteiger partial charge in [0, 0.05) is 12.6 Å². The third-order valence-corrected chi connectivity index (χ3v) is 3.41. The van der Waals surface area contributed by atoms with Crippen molar-refractivity contribution >= 4 is 17.9 Å². The molecule has 2 heterocycles.